The highest BCUT2D eigenvalue weighted by atomic mass is 16.7. The van der Waals surface area contributed by atoms with Gasteiger partial charge < -0.3 is 29.5 Å². The fourth-order valence-corrected chi connectivity index (χ4v) is 2.29. The van der Waals surface area contributed by atoms with E-state index < -0.39 is 42.6 Å². The van der Waals surface area contributed by atoms with Crippen LogP contribution in [0.3, 0.4) is 0 Å². The lowest BCUT2D eigenvalue weighted by molar-refractivity contribution is -0.290. The molecule has 0 unspecified atom stereocenters. The van der Waals surface area contributed by atoms with Gasteiger partial charge in [-0.15, -0.1) is 0 Å². The van der Waals surface area contributed by atoms with Gasteiger partial charge in [-0.05, 0) is 11.8 Å². The van der Waals surface area contributed by atoms with E-state index in [4.69, 9.17) is 14.2 Å². The minimum Gasteiger partial charge on any atom is -0.463 e. The van der Waals surface area contributed by atoms with Gasteiger partial charge >= 0.3 is 11.9 Å². The number of aliphatic hydroxyl groups excluding tert-OH is 3. The van der Waals surface area contributed by atoms with Crippen LogP contribution in [0.5, 0.6) is 0 Å². The first-order valence-electron chi connectivity index (χ1n) is 8.16. The summed E-state index contributed by atoms with van der Waals surface area (Å²) in [6.07, 6.45) is -6.80. The van der Waals surface area contributed by atoms with Gasteiger partial charge in [-0.2, -0.15) is 0 Å². The van der Waals surface area contributed by atoms with Crippen LogP contribution in [0, 0.1) is 11.8 Å². The lowest BCUT2D eigenvalue weighted by Crippen LogP contribution is -2.60. The zero-order valence-electron chi connectivity index (χ0n) is 14.5. The van der Waals surface area contributed by atoms with Crippen molar-refractivity contribution in [3.63, 3.8) is 0 Å². The van der Waals surface area contributed by atoms with Crippen molar-refractivity contribution in [2.75, 3.05) is 6.61 Å². The quantitative estimate of drug-likeness (QED) is 0.548. The van der Waals surface area contributed by atoms with Gasteiger partial charge in [0.2, 0.25) is 0 Å². The second-order valence-corrected chi connectivity index (χ2v) is 6.88. The molecular weight excluding hydrogens is 320 g/mol. The number of hydrogen-bond acceptors (Lipinski definition) is 8. The van der Waals surface area contributed by atoms with E-state index in [0.29, 0.717) is 0 Å². The molecule has 3 N–H and O–H groups in total. The van der Waals surface area contributed by atoms with Crippen LogP contribution in [0.4, 0.5) is 0 Å². The Morgan fingerprint density at radius 3 is 2.04 bits per heavy atom. The standard InChI is InChI=1S/C16H28O8/c1-8(2)5-11(17)22-7-10-13(19)15(14(20)16(21)23-10)24-12(18)6-9(3)4/h8-10,13-16,19-21H,5-7H2,1-4H3/t10-,13-,14-,15+,16+/m1/s1. The number of esters is 2. The van der Waals surface area contributed by atoms with Gasteiger partial charge in [-0.25, -0.2) is 0 Å². The summed E-state index contributed by atoms with van der Waals surface area (Å²) in [6, 6.07) is 0. The molecular formula is C16H28O8. The molecule has 8 heteroatoms. The number of aliphatic hydroxyl groups is 3. The number of rotatable bonds is 7. The molecule has 0 aromatic heterocycles. The molecule has 1 fully saturated rings. The maximum absolute atomic E-state index is 11.8. The average Bonchev–Trinajstić information content (AvgIpc) is 2.44. The third kappa shape index (κ3) is 6.35. The molecule has 1 aliphatic rings. The van der Waals surface area contributed by atoms with Gasteiger partial charge in [0.25, 0.3) is 0 Å². The van der Waals surface area contributed by atoms with Crippen molar-refractivity contribution in [3.05, 3.63) is 0 Å². The fourth-order valence-electron chi connectivity index (χ4n) is 2.29. The van der Waals surface area contributed by atoms with Crippen molar-refractivity contribution in [3.8, 4) is 0 Å². The van der Waals surface area contributed by atoms with Crippen LogP contribution >= 0.6 is 0 Å². The Hall–Kier alpha value is -1.22. The first kappa shape index (κ1) is 20.8. The zero-order valence-corrected chi connectivity index (χ0v) is 14.5. The van der Waals surface area contributed by atoms with E-state index in [1.54, 1.807) is 0 Å². The summed E-state index contributed by atoms with van der Waals surface area (Å²) in [5.74, 6) is -0.899. The first-order valence-corrected chi connectivity index (χ1v) is 8.16. The molecule has 1 aliphatic heterocycles. The highest BCUT2D eigenvalue weighted by Crippen LogP contribution is 2.24. The summed E-state index contributed by atoms with van der Waals surface area (Å²) in [4.78, 5) is 23.3. The Morgan fingerprint density at radius 2 is 1.50 bits per heavy atom. The van der Waals surface area contributed by atoms with Crippen LogP contribution < -0.4 is 0 Å². The van der Waals surface area contributed by atoms with Crippen molar-refractivity contribution in [1.29, 1.82) is 0 Å². The highest BCUT2D eigenvalue weighted by molar-refractivity contribution is 5.70. The van der Waals surface area contributed by atoms with E-state index >= 15 is 0 Å². The molecule has 1 rings (SSSR count). The summed E-state index contributed by atoms with van der Waals surface area (Å²) in [7, 11) is 0. The van der Waals surface area contributed by atoms with Crippen molar-refractivity contribution in [2.24, 2.45) is 11.8 Å². The Bertz CT molecular complexity index is 422. The second kappa shape index (κ2) is 9.31. The van der Waals surface area contributed by atoms with Crippen LogP contribution in [0.1, 0.15) is 40.5 Å². The highest BCUT2D eigenvalue weighted by Gasteiger charge is 2.46. The van der Waals surface area contributed by atoms with Gasteiger partial charge in [0.15, 0.2) is 12.4 Å². The van der Waals surface area contributed by atoms with Gasteiger partial charge in [0.1, 0.15) is 24.9 Å². The van der Waals surface area contributed by atoms with Crippen LogP contribution in [-0.4, -0.2) is 64.6 Å². The van der Waals surface area contributed by atoms with Crippen molar-refractivity contribution in [1.82, 2.24) is 0 Å². The van der Waals surface area contributed by atoms with Crippen LogP contribution in [-0.2, 0) is 23.8 Å². The lowest BCUT2D eigenvalue weighted by Gasteiger charge is -2.39. The Kier molecular flexibility index (Phi) is 8.08. The Morgan fingerprint density at radius 1 is 0.958 bits per heavy atom. The molecule has 8 nitrogen and oxygen atoms in total. The fraction of sp³-hybridized carbons (Fsp3) is 0.875. The van der Waals surface area contributed by atoms with Crippen LogP contribution in [0.2, 0.25) is 0 Å². The average molecular weight is 348 g/mol. The summed E-state index contributed by atoms with van der Waals surface area (Å²) in [6.45, 7) is 7.05. The molecule has 0 aliphatic carbocycles. The molecule has 0 saturated carbocycles. The molecule has 0 aromatic carbocycles. The minimum atomic E-state index is -1.65. The molecule has 0 aromatic rings. The zero-order chi connectivity index (χ0) is 18.4. The maximum atomic E-state index is 11.8. The summed E-state index contributed by atoms with van der Waals surface area (Å²) in [5, 5.41) is 29.8. The molecule has 1 saturated heterocycles. The van der Waals surface area contributed by atoms with E-state index in [9.17, 15) is 24.9 Å². The number of hydrogen-bond donors (Lipinski definition) is 3. The molecule has 0 radical (unpaired) electrons. The van der Waals surface area contributed by atoms with Crippen molar-refractivity contribution < 1.29 is 39.1 Å². The predicted octanol–water partition coefficient (Wildman–Crippen LogP) is -0.0274. The summed E-state index contributed by atoms with van der Waals surface area (Å²) >= 11 is 0. The van der Waals surface area contributed by atoms with Gasteiger partial charge in [0.05, 0.1) is 0 Å². The Balaban J connectivity index is 2.65. The topological polar surface area (TPSA) is 123 Å². The second-order valence-electron chi connectivity index (χ2n) is 6.88. The van der Waals surface area contributed by atoms with Gasteiger partial charge in [-0.3, -0.25) is 9.59 Å². The van der Waals surface area contributed by atoms with E-state index in [1.165, 1.54) is 0 Å². The van der Waals surface area contributed by atoms with Crippen LogP contribution in [0.25, 0.3) is 0 Å². The largest absolute Gasteiger partial charge is 0.463 e. The van der Waals surface area contributed by atoms with E-state index in [1.807, 2.05) is 27.7 Å². The SMILES string of the molecule is CC(C)CC(=O)OC[C@H]1O[C@H](O)[C@H](O)[C@@H](OC(=O)CC(C)C)[C@@H]1O. The first-order chi connectivity index (χ1) is 11.1. The maximum Gasteiger partial charge on any atom is 0.306 e. The Labute approximate surface area is 141 Å². The number of carbonyl (C=O) groups is 2. The molecule has 0 amide bonds. The van der Waals surface area contributed by atoms with E-state index in [2.05, 4.69) is 0 Å². The molecule has 5 atom stereocenters. The van der Waals surface area contributed by atoms with Crippen molar-refractivity contribution >= 4 is 11.9 Å². The minimum absolute atomic E-state index is 0.0457. The predicted molar refractivity (Wildman–Crippen MR) is 82.6 cm³/mol. The third-order valence-electron chi connectivity index (χ3n) is 3.49. The van der Waals surface area contributed by atoms with Gasteiger partial charge in [0, 0.05) is 12.8 Å². The lowest BCUT2D eigenvalue weighted by atomic mass is 9.99. The van der Waals surface area contributed by atoms with Gasteiger partial charge in [-0.1, -0.05) is 27.7 Å². The van der Waals surface area contributed by atoms with E-state index in [-0.39, 0.29) is 31.3 Å². The van der Waals surface area contributed by atoms with Crippen LogP contribution in [0.15, 0.2) is 0 Å². The third-order valence-corrected chi connectivity index (χ3v) is 3.49. The smallest absolute Gasteiger partial charge is 0.306 e. The molecule has 24 heavy (non-hydrogen) atoms. The number of carbonyl (C=O) groups excluding carboxylic acids is 2. The summed E-state index contributed by atoms with van der Waals surface area (Å²) < 4.78 is 15.1. The normalized spacial score (nSPS) is 30.5. The van der Waals surface area contributed by atoms with E-state index in [0.717, 1.165) is 0 Å². The monoisotopic (exact) mass is 348 g/mol. The molecule has 1 heterocycles. The molecule has 0 spiro atoms. The van der Waals surface area contributed by atoms with Crippen molar-refractivity contribution in [2.45, 2.75) is 71.2 Å². The number of ether oxygens (including phenoxy) is 3. The molecule has 0 bridgehead atoms. The summed E-state index contributed by atoms with van der Waals surface area (Å²) in [5.41, 5.74) is 0. The molecule has 140 valence electrons.